The maximum atomic E-state index is 15.4. The summed E-state index contributed by atoms with van der Waals surface area (Å²) >= 11 is 0. The summed E-state index contributed by atoms with van der Waals surface area (Å²) in [6.45, 7) is 9.08. The summed E-state index contributed by atoms with van der Waals surface area (Å²) in [5.41, 5.74) is 5.90. The molecule has 1 aliphatic heterocycles. The molecule has 0 fully saturated rings. The maximum Gasteiger partial charge on any atom is 0.199 e. The third-order valence-electron chi connectivity index (χ3n) is 7.42. The second kappa shape index (κ2) is 5.43. The van der Waals surface area contributed by atoms with E-state index in [2.05, 4.69) is 50.3 Å². The van der Waals surface area contributed by atoms with E-state index < -0.39 is 0 Å². The van der Waals surface area contributed by atoms with Crippen LogP contribution in [0.2, 0.25) is 0 Å². The fourth-order valence-corrected chi connectivity index (χ4v) is 6.04. The number of nitrogens with zero attached hydrogens (tertiary/aromatic N) is 2. The summed E-state index contributed by atoms with van der Waals surface area (Å²) < 4.78 is 20.2. The second-order valence-electron chi connectivity index (χ2n) is 8.12. The highest BCUT2D eigenvalue weighted by Crippen LogP contribution is 2.57. The molecular weight excluding hydrogens is 311 g/mol. The molecule has 0 saturated heterocycles. The minimum absolute atomic E-state index is 0.00919. The lowest BCUT2D eigenvalue weighted by atomic mass is 9.58. The van der Waals surface area contributed by atoms with Crippen molar-refractivity contribution in [2.75, 3.05) is 0 Å². The molecule has 134 valence electrons. The fraction of sp³-hybridized carbons (Fsp3) is 0.591. The van der Waals surface area contributed by atoms with E-state index in [1.165, 1.54) is 22.4 Å². The first kappa shape index (κ1) is 16.8. The van der Waals surface area contributed by atoms with Crippen LogP contribution in [0.3, 0.4) is 0 Å². The van der Waals surface area contributed by atoms with Gasteiger partial charge in [-0.05, 0) is 57.1 Å². The molecule has 2 aliphatic rings. The van der Waals surface area contributed by atoms with Gasteiger partial charge in [-0.1, -0.05) is 26.8 Å². The molecule has 0 spiro atoms. The standard InChI is InChI=1S/C22H30FN2/c1-6-21(4)22(7-2,8-3)19-17(23)13-12-15-10-9-11-16-14-24(5)25(21)20(16)18(15)19/h12-14H,6-11H2,1-5H3/q+1. The van der Waals surface area contributed by atoms with Crippen LogP contribution in [-0.4, -0.2) is 4.68 Å². The summed E-state index contributed by atoms with van der Waals surface area (Å²) in [6.07, 6.45) is 8.46. The van der Waals surface area contributed by atoms with Crippen molar-refractivity contribution >= 4 is 0 Å². The van der Waals surface area contributed by atoms with Crippen molar-refractivity contribution in [3.8, 4) is 11.3 Å². The van der Waals surface area contributed by atoms with Crippen LogP contribution in [0, 0.1) is 5.82 Å². The molecule has 3 heteroatoms. The van der Waals surface area contributed by atoms with Gasteiger partial charge in [-0.25, -0.2) is 4.39 Å². The average molecular weight is 341 g/mol. The van der Waals surface area contributed by atoms with Crippen molar-refractivity contribution in [3.05, 3.63) is 40.8 Å². The second-order valence-corrected chi connectivity index (χ2v) is 8.12. The first-order valence-electron chi connectivity index (χ1n) is 9.88. The predicted octanol–water partition coefficient (Wildman–Crippen LogP) is 4.80. The third kappa shape index (κ3) is 1.82. The summed E-state index contributed by atoms with van der Waals surface area (Å²) in [7, 11) is 2.16. The molecule has 0 bridgehead atoms. The van der Waals surface area contributed by atoms with Crippen molar-refractivity contribution in [2.45, 2.75) is 77.2 Å². The minimum Gasteiger partial charge on any atom is -0.207 e. The number of hydrogen-bond acceptors (Lipinski definition) is 0. The molecule has 0 amide bonds. The smallest absolute Gasteiger partial charge is 0.199 e. The van der Waals surface area contributed by atoms with E-state index in [9.17, 15) is 0 Å². The molecule has 1 atom stereocenters. The van der Waals surface area contributed by atoms with Crippen LogP contribution < -0.4 is 4.68 Å². The van der Waals surface area contributed by atoms with Crippen molar-refractivity contribution in [1.82, 2.24) is 4.68 Å². The molecule has 1 aliphatic carbocycles. The zero-order valence-electron chi connectivity index (χ0n) is 16.2. The van der Waals surface area contributed by atoms with E-state index in [1.54, 1.807) is 6.07 Å². The monoisotopic (exact) mass is 341 g/mol. The van der Waals surface area contributed by atoms with Gasteiger partial charge in [-0.15, -0.1) is 9.36 Å². The highest BCUT2D eigenvalue weighted by atomic mass is 19.1. The van der Waals surface area contributed by atoms with E-state index in [-0.39, 0.29) is 16.8 Å². The fourth-order valence-electron chi connectivity index (χ4n) is 6.04. The number of hydrogen-bond donors (Lipinski definition) is 0. The molecule has 1 aromatic carbocycles. The maximum absolute atomic E-state index is 15.4. The van der Waals surface area contributed by atoms with E-state index in [4.69, 9.17) is 0 Å². The van der Waals surface area contributed by atoms with Gasteiger partial charge in [0.05, 0.1) is 0 Å². The molecule has 2 heterocycles. The van der Waals surface area contributed by atoms with Gasteiger partial charge in [0.1, 0.15) is 17.1 Å². The van der Waals surface area contributed by atoms with Crippen LogP contribution in [0.5, 0.6) is 0 Å². The van der Waals surface area contributed by atoms with Gasteiger partial charge in [0.2, 0.25) is 0 Å². The van der Waals surface area contributed by atoms with Crippen molar-refractivity contribution in [2.24, 2.45) is 7.05 Å². The van der Waals surface area contributed by atoms with E-state index in [0.29, 0.717) is 0 Å². The Balaban J connectivity index is 2.25. The lowest BCUT2D eigenvalue weighted by Gasteiger charge is -2.51. The van der Waals surface area contributed by atoms with Crippen LogP contribution in [-0.2, 0) is 30.8 Å². The first-order chi connectivity index (χ1) is 11.9. The number of halogens is 1. The highest BCUT2D eigenvalue weighted by molar-refractivity contribution is 5.76. The largest absolute Gasteiger partial charge is 0.207 e. The van der Waals surface area contributed by atoms with Gasteiger partial charge in [-0.3, -0.25) is 0 Å². The summed E-state index contributed by atoms with van der Waals surface area (Å²) in [5.74, 6) is -0.00919. The Kier molecular flexibility index (Phi) is 3.65. The van der Waals surface area contributed by atoms with Crippen LogP contribution in [0.1, 0.15) is 70.1 Å². The lowest BCUT2D eigenvalue weighted by Crippen LogP contribution is -2.61. The van der Waals surface area contributed by atoms with Crippen LogP contribution >= 0.6 is 0 Å². The van der Waals surface area contributed by atoms with Gasteiger partial charge in [0.15, 0.2) is 13.2 Å². The van der Waals surface area contributed by atoms with Crippen LogP contribution in [0.15, 0.2) is 18.3 Å². The predicted molar refractivity (Wildman–Crippen MR) is 99.2 cm³/mol. The van der Waals surface area contributed by atoms with Crippen LogP contribution in [0.25, 0.3) is 11.3 Å². The highest BCUT2D eigenvalue weighted by Gasteiger charge is 2.57. The Morgan fingerprint density at radius 2 is 1.76 bits per heavy atom. The molecule has 25 heavy (non-hydrogen) atoms. The lowest BCUT2D eigenvalue weighted by molar-refractivity contribution is -0.761. The average Bonchev–Trinajstić information content (AvgIpc) is 2.84. The number of rotatable bonds is 3. The number of aromatic nitrogens is 2. The molecular formula is C22H30FN2+. The molecule has 1 unspecified atom stereocenters. The summed E-state index contributed by atoms with van der Waals surface area (Å²) in [6, 6.07) is 3.76. The molecule has 2 aromatic rings. The molecule has 4 rings (SSSR count). The van der Waals surface area contributed by atoms with E-state index in [0.717, 1.165) is 44.1 Å². The topological polar surface area (TPSA) is 8.81 Å². The van der Waals surface area contributed by atoms with Gasteiger partial charge < -0.3 is 0 Å². The number of benzene rings is 1. The Morgan fingerprint density at radius 3 is 2.40 bits per heavy atom. The van der Waals surface area contributed by atoms with Gasteiger partial charge in [-0.2, -0.15) is 0 Å². The zero-order chi connectivity index (χ0) is 18.0. The minimum atomic E-state index is -0.178. The van der Waals surface area contributed by atoms with E-state index in [1.807, 2.05) is 6.07 Å². The normalized spacial score (nSPS) is 23.3. The molecule has 0 saturated carbocycles. The van der Waals surface area contributed by atoms with Gasteiger partial charge in [0.25, 0.3) is 0 Å². The Bertz CT molecular complexity index is 844. The summed E-state index contributed by atoms with van der Waals surface area (Å²) in [5, 5.41) is 0. The summed E-state index contributed by atoms with van der Waals surface area (Å²) in [4.78, 5) is 0. The Morgan fingerprint density at radius 1 is 1.08 bits per heavy atom. The zero-order valence-corrected chi connectivity index (χ0v) is 16.2. The number of aryl methyl sites for hydroxylation is 3. The quantitative estimate of drug-likeness (QED) is 0.709. The molecule has 0 radical (unpaired) electrons. The van der Waals surface area contributed by atoms with Gasteiger partial charge in [0, 0.05) is 22.1 Å². The van der Waals surface area contributed by atoms with Crippen molar-refractivity contribution in [3.63, 3.8) is 0 Å². The molecule has 2 nitrogen and oxygen atoms in total. The van der Waals surface area contributed by atoms with Crippen molar-refractivity contribution < 1.29 is 9.07 Å². The van der Waals surface area contributed by atoms with Gasteiger partial charge >= 0.3 is 0 Å². The van der Waals surface area contributed by atoms with E-state index >= 15 is 4.39 Å². The Hall–Kier alpha value is -1.64. The van der Waals surface area contributed by atoms with Crippen LogP contribution in [0.4, 0.5) is 4.39 Å². The molecule has 1 aromatic heterocycles. The van der Waals surface area contributed by atoms with Crippen molar-refractivity contribution in [1.29, 1.82) is 0 Å². The third-order valence-corrected chi connectivity index (χ3v) is 7.42. The SMILES string of the molecule is CCC1(CC)c2c(F)ccc3c2-c2c(c[n+](C)n2C1(C)CC)CCC3. The molecule has 0 N–H and O–H groups in total. The Labute approximate surface area is 150 Å². The first-order valence-corrected chi connectivity index (χ1v) is 9.88.